The summed E-state index contributed by atoms with van der Waals surface area (Å²) in [7, 11) is 0. The molecule has 0 saturated carbocycles. The first kappa shape index (κ1) is 29.7. The van der Waals surface area contributed by atoms with Crippen molar-refractivity contribution in [2.24, 2.45) is 0 Å². The molecule has 0 atom stereocenters. The van der Waals surface area contributed by atoms with Gasteiger partial charge in [0.2, 0.25) is 0 Å². The number of para-hydroxylation sites is 3. The van der Waals surface area contributed by atoms with Crippen molar-refractivity contribution in [1.82, 2.24) is 14.1 Å². The molecule has 3 aromatic heterocycles. The standard InChI is InChI=1S/C48H30N4/c49-31-32-12-11-15-35(28-32)43-30-36(33-13-3-1-4-14-33)29-42(50-43)34-22-24-38(25-23-34)52-44-20-9-7-18-39(44)40-26-27-46-47(48(40)52)41-19-8-10-21-45(41)51(46)37-16-5-2-6-17-37/h1-30H. The molecule has 0 aliphatic heterocycles. The van der Waals surface area contributed by atoms with Crippen LogP contribution in [0.1, 0.15) is 5.56 Å². The Balaban J connectivity index is 1.19. The number of benzene rings is 7. The molecule has 0 bridgehead atoms. The largest absolute Gasteiger partial charge is 0.309 e. The summed E-state index contributed by atoms with van der Waals surface area (Å²) in [6.07, 6.45) is 0. The van der Waals surface area contributed by atoms with Gasteiger partial charge in [-0.25, -0.2) is 4.98 Å². The fourth-order valence-electron chi connectivity index (χ4n) is 7.78. The van der Waals surface area contributed by atoms with Crippen LogP contribution in [0.3, 0.4) is 0 Å². The van der Waals surface area contributed by atoms with Gasteiger partial charge in [-0.15, -0.1) is 0 Å². The third kappa shape index (κ3) is 4.72. The molecule has 0 unspecified atom stereocenters. The number of pyridine rings is 1. The van der Waals surface area contributed by atoms with Crippen LogP contribution < -0.4 is 0 Å². The quantitative estimate of drug-likeness (QED) is 0.184. The van der Waals surface area contributed by atoms with Crippen LogP contribution >= 0.6 is 0 Å². The summed E-state index contributed by atoms with van der Waals surface area (Å²) in [5.74, 6) is 0. The zero-order chi connectivity index (χ0) is 34.6. The van der Waals surface area contributed by atoms with Gasteiger partial charge >= 0.3 is 0 Å². The van der Waals surface area contributed by atoms with Crippen molar-refractivity contribution in [3.05, 3.63) is 188 Å². The molecule has 242 valence electrons. The molecule has 0 radical (unpaired) electrons. The Hall–Kier alpha value is -7.22. The van der Waals surface area contributed by atoms with E-state index in [0.717, 1.165) is 50.5 Å². The monoisotopic (exact) mass is 662 g/mol. The smallest absolute Gasteiger partial charge is 0.0991 e. The van der Waals surface area contributed by atoms with Crippen molar-refractivity contribution >= 4 is 43.6 Å². The van der Waals surface area contributed by atoms with Gasteiger partial charge in [0.25, 0.3) is 0 Å². The van der Waals surface area contributed by atoms with E-state index in [2.05, 4.69) is 167 Å². The van der Waals surface area contributed by atoms with Crippen LogP contribution in [0.4, 0.5) is 0 Å². The second-order valence-corrected chi connectivity index (χ2v) is 13.1. The summed E-state index contributed by atoms with van der Waals surface area (Å²) in [6, 6.07) is 66.0. The molecule has 52 heavy (non-hydrogen) atoms. The molecule has 4 nitrogen and oxygen atoms in total. The average Bonchev–Trinajstić information content (AvgIpc) is 3.74. The molecule has 0 aliphatic carbocycles. The average molecular weight is 663 g/mol. The van der Waals surface area contributed by atoms with Gasteiger partial charge in [0.1, 0.15) is 0 Å². The molecule has 0 fully saturated rings. The van der Waals surface area contributed by atoms with Crippen LogP contribution in [-0.2, 0) is 0 Å². The van der Waals surface area contributed by atoms with Crippen LogP contribution in [0.25, 0.3) is 88.6 Å². The number of hydrogen-bond acceptors (Lipinski definition) is 2. The van der Waals surface area contributed by atoms with E-state index >= 15 is 0 Å². The third-order valence-corrected chi connectivity index (χ3v) is 10.1. The molecule has 0 amide bonds. The van der Waals surface area contributed by atoms with Gasteiger partial charge in [-0.3, -0.25) is 0 Å². The highest BCUT2D eigenvalue weighted by Crippen LogP contribution is 2.42. The first-order valence-electron chi connectivity index (χ1n) is 17.4. The van der Waals surface area contributed by atoms with Gasteiger partial charge in [-0.1, -0.05) is 115 Å². The number of nitriles is 1. The Kier molecular flexibility index (Phi) is 6.84. The van der Waals surface area contributed by atoms with E-state index in [9.17, 15) is 5.26 Å². The number of rotatable bonds is 5. The van der Waals surface area contributed by atoms with Crippen molar-refractivity contribution in [3.8, 4) is 51.1 Å². The maximum atomic E-state index is 9.60. The van der Waals surface area contributed by atoms with Crippen LogP contribution in [0.2, 0.25) is 0 Å². The van der Waals surface area contributed by atoms with E-state index in [-0.39, 0.29) is 0 Å². The summed E-state index contributed by atoms with van der Waals surface area (Å²) in [5, 5.41) is 14.5. The van der Waals surface area contributed by atoms with E-state index in [4.69, 9.17) is 4.98 Å². The van der Waals surface area contributed by atoms with Gasteiger partial charge in [0.15, 0.2) is 0 Å². The lowest BCUT2D eigenvalue weighted by molar-refractivity contribution is 1.17. The maximum absolute atomic E-state index is 9.60. The fourth-order valence-corrected chi connectivity index (χ4v) is 7.78. The second kappa shape index (κ2) is 12.0. The zero-order valence-electron chi connectivity index (χ0n) is 28.1. The van der Waals surface area contributed by atoms with Crippen LogP contribution in [0, 0.1) is 11.3 Å². The minimum absolute atomic E-state index is 0.613. The maximum Gasteiger partial charge on any atom is 0.0991 e. The SMILES string of the molecule is N#Cc1cccc(-c2cc(-c3ccccc3)cc(-c3ccc(-n4c5ccccc5c5ccc6c(c7ccccc7n6-c6ccccc6)c54)cc3)n2)c1. The van der Waals surface area contributed by atoms with E-state index < -0.39 is 0 Å². The highest BCUT2D eigenvalue weighted by atomic mass is 15.0. The normalized spacial score (nSPS) is 11.4. The van der Waals surface area contributed by atoms with Gasteiger partial charge < -0.3 is 9.13 Å². The van der Waals surface area contributed by atoms with Crippen LogP contribution in [0.15, 0.2) is 182 Å². The summed E-state index contributed by atoms with van der Waals surface area (Å²) >= 11 is 0. The molecule has 10 aromatic rings. The minimum atomic E-state index is 0.613. The summed E-state index contributed by atoms with van der Waals surface area (Å²) < 4.78 is 4.80. The van der Waals surface area contributed by atoms with Gasteiger partial charge in [0, 0.05) is 44.0 Å². The highest BCUT2D eigenvalue weighted by molar-refractivity contribution is 6.26. The van der Waals surface area contributed by atoms with E-state index in [1.165, 1.54) is 38.1 Å². The lowest BCUT2D eigenvalue weighted by Crippen LogP contribution is -1.96. The Bertz CT molecular complexity index is 3000. The Labute approximate surface area is 300 Å². The van der Waals surface area contributed by atoms with Crippen molar-refractivity contribution in [1.29, 1.82) is 5.26 Å². The van der Waals surface area contributed by atoms with Crippen molar-refractivity contribution in [3.63, 3.8) is 0 Å². The molecular weight excluding hydrogens is 633 g/mol. The van der Waals surface area contributed by atoms with Crippen molar-refractivity contribution in [2.75, 3.05) is 0 Å². The van der Waals surface area contributed by atoms with E-state index in [1.54, 1.807) is 0 Å². The fraction of sp³-hybridized carbons (Fsp3) is 0. The van der Waals surface area contributed by atoms with Gasteiger partial charge in [0.05, 0.1) is 45.1 Å². The predicted octanol–water partition coefficient (Wildman–Crippen LogP) is 12.1. The molecule has 0 spiro atoms. The molecule has 0 aliphatic rings. The summed E-state index contributed by atoms with van der Waals surface area (Å²) in [4.78, 5) is 5.15. The van der Waals surface area contributed by atoms with E-state index in [0.29, 0.717) is 5.56 Å². The third-order valence-electron chi connectivity index (χ3n) is 10.1. The van der Waals surface area contributed by atoms with Gasteiger partial charge in [-0.05, 0) is 77.9 Å². The van der Waals surface area contributed by atoms with Crippen LogP contribution in [0.5, 0.6) is 0 Å². The van der Waals surface area contributed by atoms with Crippen LogP contribution in [-0.4, -0.2) is 14.1 Å². The summed E-state index contributed by atoms with van der Waals surface area (Å²) in [5.41, 5.74) is 13.4. The first-order valence-corrected chi connectivity index (χ1v) is 17.4. The first-order chi connectivity index (χ1) is 25.7. The zero-order valence-corrected chi connectivity index (χ0v) is 28.1. The highest BCUT2D eigenvalue weighted by Gasteiger charge is 2.21. The Morgan fingerprint density at radius 3 is 1.77 bits per heavy atom. The number of nitrogens with zero attached hydrogens (tertiary/aromatic N) is 4. The lowest BCUT2D eigenvalue weighted by atomic mass is 9.99. The lowest BCUT2D eigenvalue weighted by Gasteiger charge is -2.13. The minimum Gasteiger partial charge on any atom is -0.309 e. The predicted molar refractivity (Wildman–Crippen MR) is 214 cm³/mol. The van der Waals surface area contributed by atoms with Crippen molar-refractivity contribution in [2.45, 2.75) is 0 Å². The number of aromatic nitrogens is 3. The molecule has 7 aromatic carbocycles. The molecule has 10 rings (SSSR count). The second-order valence-electron chi connectivity index (χ2n) is 13.1. The van der Waals surface area contributed by atoms with Crippen molar-refractivity contribution < 1.29 is 0 Å². The summed E-state index contributed by atoms with van der Waals surface area (Å²) in [6.45, 7) is 0. The van der Waals surface area contributed by atoms with E-state index in [1.807, 2.05) is 30.3 Å². The topological polar surface area (TPSA) is 46.5 Å². The molecular formula is C48H30N4. The molecule has 0 N–H and O–H groups in total. The Morgan fingerprint density at radius 2 is 1.02 bits per heavy atom. The molecule has 0 saturated heterocycles. The van der Waals surface area contributed by atoms with Gasteiger partial charge in [-0.2, -0.15) is 5.26 Å². The Morgan fingerprint density at radius 1 is 0.404 bits per heavy atom. The molecule has 4 heteroatoms. The number of fused-ring (bicyclic) bond motifs is 7. The molecule has 3 heterocycles. The number of hydrogen-bond donors (Lipinski definition) is 0.